The summed E-state index contributed by atoms with van der Waals surface area (Å²) in [5, 5.41) is 0.376. The summed E-state index contributed by atoms with van der Waals surface area (Å²) in [4.78, 5) is 14.8. The molecule has 2 aromatic carbocycles. The van der Waals surface area contributed by atoms with Crippen molar-refractivity contribution in [2.75, 3.05) is 16.2 Å². The first-order valence-electron chi connectivity index (χ1n) is 9.58. The fourth-order valence-corrected chi connectivity index (χ4v) is 5.72. The van der Waals surface area contributed by atoms with Gasteiger partial charge in [-0.05, 0) is 67.6 Å². The summed E-state index contributed by atoms with van der Waals surface area (Å²) in [7, 11) is -3.74. The Kier molecular flexibility index (Phi) is 5.10. The van der Waals surface area contributed by atoms with Crippen molar-refractivity contribution >= 4 is 38.9 Å². The van der Waals surface area contributed by atoms with Gasteiger partial charge in [-0.1, -0.05) is 30.5 Å². The molecular weight excluding hydrogens is 396 g/mol. The van der Waals surface area contributed by atoms with E-state index in [1.807, 2.05) is 17.0 Å². The van der Waals surface area contributed by atoms with Crippen molar-refractivity contribution in [1.82, 2.24) is 0 Å². The summed E-state index contributed by atoms with van der Waals surface area (Å²) in [6.07, 6.45) is 4.93. The Morgan fingerprint density at radius 2 is 1.89 bits per heavy atom. The molecule has 0 unspecified atom stereocenters. The maximum absolute atomic E-state index is 12.8. The lowest BCUT2D eigenvalue weighted by atomic mass is 10.1. The maximum atomic E-state index is 12.8. The van der Waals surface area contributed by atoms with Crippen molar-refractivity contribution in [1.29, 1.82) is 0 Å². The molecule has 0 radical (unpaired) electrons. The van der Waals surface area contributed by atoms with Gasteiger partial charge in [-0.25, -0.2) is 8.42 Å². The number of amides is 1. The Morgan fingerprint density at radius 3 is 2.64 bits per heavy atom. The van der Waals surface area contributed by atoms with E-state index in [-0.39, 0.29) is 16.7 Å². The van der Waals surface area contributed by atoms with Crippen molar-refractivity contribution in [2.45, 2.75) is 43.9 Å². The van der Waals surface area contributed by atoms with Gasteiger partial charge in [-0.15, -0.1) is 0 Å². The molecule has 1 fully saturated rings. The van der Waals surface area contributed by atoms with E-state index in [2.05, 4.69) is 4.72 Å². The molecule has 7 heteroatoms. The minimum Gasteiger partial charge on any atom is -0.312 e. The summed E-state index contributed by atoms with van der Waals surface area (Å²) < 4.78 is 28.2. The third-order valence-corrected chi connectivity index (χ3v) is 7.40. The van der Waals surface area contributed by atoms with Gasteiger partial charge in [0.1, 0.15) is 0 Å². The number of hydrogen-bond donors (Lipinski definition) is 1. The Hall–Kier alpha value is -2.05. The number of carbonyl (C=O) groups is 1. The molecule has 1 saturated carbocycles. The number of sulfonamides is 1. The molecular formula is C21H23ClN2O3S. The van der Waals surface area contributed by atoms with Gasteiger partial charge in [-0.2, -0.15) is 0 Å². The van der Waals surface area contributed by atoms with E-state index in [1.54, 1.807) is 25.1 Å². The maximum Gasteiger partial charge on any atom is 0.262 e. The highest BCUT2D eigenvalue weighted by molar-refractivity contribution is 7.92. The molecule has 5 nitrogen and oxygen atoms in total. The first-order valence-corrected chi connectivity index (χ1v) is 11.4. The summed E-state index contributed by atoms with van der Waals surface area (Å²) >= 11 is 5.97. The average molecular weight is 419 g/mol. The number of nitrogens with one attached hydrogen (secondary N) is 1. The Balaban J connectivity index is 1.57. The fraction of sp³-hybridized carbons (Fsp3) is 0.381. The van der Waals surface area contributed by atoms with Crippen molar-refractivity contribution in [3.63, 3.8) is 0 Å². The minimum absolute atomic E-state index is 0.134. The second-order valence-electron chi connectivity index (χ2n) is 7.58. The van der Waals surface area contributed by atoms with E-state index in [0.717, 1.165) is 43.4 Å². The number of nitrogens with zero attached hydrogens (tertiary/aromatic N) is 1. The van der Waals surface area contributed by atoms with Gasteiger partial charge < -0.3 is 4.90 Å². The Labute approximate surface area is 170 Å². The molecule has 2 aromatic rings. The van der Waals surface area contributed by atoms with E-state index in [9.17, 15) is 13.2 Å². The second kappa shape index (κ2) is 7.41. The van der Waals surface area contributed by atoms with Crippen LogP contribution in [0.25, 0.3) is 0 Å². The lowest BCUT2D eigenvalue weighted by Gasteiger charge is -2.21. The number of fused-ring (bicyclic) bond motifs is 1. The lowest BCUT2D eigenvalue weighted by molar-refractivity contribution is -0.122. The van der Waals surface area contributed by atoms with Crippen LogP contribution >= 0.6 is 11.6 Å². The van der Waals surface area contributed by atoms with E-state index in [0.29, 0.717) is 22.8 Å². The molecule has 1 aliphatic carbocycles. The SMILES string of the molecule is Cc1ccc(Cl)cc1S(=O)(=O)Nc1ccc2c(c1)CCN2C(=O)C1CCCC1. The number of aryl methyl sites for hydroxylation is 1. The van der Waals surface area contributed by atoms with Crippen LogP contribution in [0.4, 0.5) is 11.4 Å². The third-order valence-electron chi connectivity index (χ3n) is 5.64. The highest BCUT2D eigenvalue weighted by Gasteiger charge is 2.32. The zero-order valence-electron chi connectivity index (χ0n) is 15.7. The van der Waals surface area contributed by atoms with Crippen LogP contribution in [0, 0.1) is 12.8 Å². The van der Waals surface area contributed by atoms with Crippen LogP contribution in [0.15, 0.2) is 41.3 Å². The molecule has 28 heavy (non-hydrogen) atoms. The number of halogens is 1. The van der Waals surface area contributed by atoms with Crippen LogP contribution in [0.3, 0.4) is 0 Å². The van der Waals surface area contributed by atoms with E-state index >= 15 is 0 Å². The van der Waals surface area contributed by atoms with Gasteiger partial charge in [0.15, 0.2) is 0 Å². The highest BCUT2D eigenvalue weighted by Crippen LogP contribution is 2.35. The van der Waals surface area contributed by atoms with Crippen LogP contribution in [-0.4, -0.2) is 20.9 Å². The number of benzene rings is 2. The van der Waals surface area contributed by atoms with Crippen LogP contribution in [0.1, 0.15) is 36.8 Å². The van der Waals surface area contributed by atoms with Crippen molar-refractivity contribution in [2.24, 2.45) is 5.92 Å². The summed E-state index contributed by atoms with van der Waals surface area (Å²) in [5.41, 5.74) is 3.02. The summed E-state index contributed by atoms with van der Waals surface area (Å²) in [5.74, 6) is 0.342. The molecule has 1 N–H and O–H groups in total. The monoisotopic (exact) mass is 418 g/mol. The van der Waals surface area contributed by atoms with Gasteiger partial charge in [0.25, 0.3) is 10.0 Å². The number of rotatable bonds is 4. The second-order valence-corrected chi connectivity index (χ2v) is 9.67. The molecule has 4 rings (SSSR count). The molecule has 0 aromatic heterocycles. The first-order chi connectivity index (χ1) is 13.3. The average Bonchev–Trinajstić information content (AvgIpc) is 3.32. The van der Waals surface area contributed by atoms with Crippen molar-refractivity contribution in [3.05, 3.63) is 52.5 Å². The normalized spacial score (nSPS) is 17.0. The number of anilines is 2. The van der Waals surface area contributed by atoms with Crippen molar-refractivity contribution < 1.29 is 13.2 Å². The molecule has 0 saturated heterocycles. The smallest absolute Gasteiger partial charge is 0.262 e. The molecule has 2 aliphatic rings. The molecule has 148 valence electrons. The molecule has 1 heterocycles. The Morgan fingerprint density at radius 1 is 1.14 bits per heavy atom. The quantitative estimate of drug-likeness (QED) is 0.793. The van der Waals surface area contributed by atoms with Gasteiger partial charge in [-0.3, -0.25) is 9.52 Å². The van der Waals surface area contributed by atoms with Crippen LogP contribution < -0.4 is 9.62 Å². The van der Waals surface area contributed by atoms with Gasteiger partial charge >= 0.3 is 0 Å². The van der Waals surface area contributed by atoms with Gasteiger partial charge in [0.05, 0.1) is 4.90 Å². The predicted molar refractivity (Wildman–Crippen MR) is 111 cm³/mol. The third kappa shape index (κ3) is 3.63. The minimum atomic E-state index is -3.74. The fourth-order valence-electron chi connectivity index (χ4n) is 4.16. The van der Waals surface area contributed by atoms with Gasteiger partial charge in [0.2, 0.25) is 5.91 Å². The molecule has 0 spiro atoms. The standard InChI is InChI=1S/C21H23ClN2O3S/c1-14-6-7-17(22)13-20(14)28(26,27)23-18-8-9-19-16(12-18)10-11-24(19)21(25)15-4-2-3-5-15/h6-9,12-13,15,23H,2-5,10-11H2,1H3. The van der Waals surface area contributed by atoms with E-state index in [1.165, 1.54) is 6.07 Å². The Bertz CT molecular complexity index is 1030. The molecule has 0 bridgehead atoms. The van der Waals surface area contributed by atoms with Crippen LogP contribution in [0.5, 0.6) is 0 Å². The zero-order valence-corrected chi connectivity index (χ0v) is 17.3. The lowest BCUT2D eigenvalue weighted by Crippen LogP contribution is -2.33. The number of carbonyl (C=O) groups excluding carboxylic acids is 1. The number of hydrogen-bond acceptors (Lipinski definition) is 3. The van der Waals surface area contributed by atoms with Crippen LogP contribution in [0.2, 0.25) is 5.02 Å². The molecule has 0 atom stereocenters. The van der Waals surface area contributed by atoms with E-state index in [4.69, 9.17) is 11.6 Å². The van der Waals surface area contributed by atoms with Crippen LogP contribution in [-0.2, 0) is 21.2 Å². The summed E-state index contributed by atoms with van der Waals surface area (Å²) in [6, 6.07) is 10.2. The van der Waals surface area contributed by atoms with Gasteiger partial charge in [0, 0.05) is 28.9 Å². The largest absolute Gasteiger partial charge is 0.312 e. The molecule has 1 amide bonds. The first kappa shape index (κ1) is 19.3. The zero-order chi connectivity index (χ0) is 19.9. The topological polar surface area (TPSA) is 66.5 Å². The molecule has 1 aliphatic heterocycles. The highest BCUT2D eigenvalue weighted by atomic mass is 35.5. The van der Waals surface area contributed by atoms with E-state index < -0.39 is 10.0 Å². The predicted octanol–water partition coefficient (Wildman–Crippen LogP) is 4.53. The summed E-state index contributed by atoms with van der Waals surface area (Å²) in [6.45, 7) is 2.40. The van der Waals surface area contributed by atoms with Crippen molar-refractivity contribution in [3.8, 4) is 0 Å².